The molecule has 3 aromatic carbocycles. The molecule has 218 valence electrons. The fourth-order valence-electron chi connectivity index (χ4n) is 5.46. The van der Waals surface area contributed by atoms with E-state index in [0.29, 0.717) is 17.2 Å². The van der Waals surface area contributed by atoms with Crippen molar-refractivity contribution in [1.82, 2.24) is 4.98 Å². The van der Waals surface area contributed by atoms with Gasteiger partial charge in [0, 0.05) is 26.8 Å². The maximum absolute atomic E-state index is 14.4. The van der Waals surface area contributed by atoms with Gasteiger partial charge in [0.2, 0.25) is 0 Å². The highest BCUT2D eigenvalue weighted by molar-refractivity contribution is 7.99. The molecule has 2 N–H and O–H groups in total. The topological polar surface area (TPSA) is 70.4 Å². The van der Waals surface area contributed by atoms with E-state index in [1.165, 1.54) is 0 Å². The number of pyridine rings is 1. The zero-order chi connectivity index (χ0) is 29.9. The molecule has 1 heterocycles. The lowest BCUT2D eigenvalue weighted by atomic mass is 9.90. The fourth-order valence-corrected chi connectivity index (χ4v) is 7.18. The summed E-state index contributed by atoms with van der Waals surface area (Å²) in [6.45, 7) is 3.58. The van der Waals surface area contributed by atoms with Crippen molar-refractivity contribution < 1.29 is 19.4 Å². The molecule has 1 unspecified atom stereocenters. The van der Waals surface area contributed by atoms with Gasteiger partial charge < -0.3 is 10.2 Å². The Balaban J connectivity index is 1.38. The van der Waals surface area contributed by atoms with Crippen molar-refractivity contribution in [3.8, 4) is 0 Å². The van der Waals surface area contributed by atoms with Gasteiger partial charge in [0.1, 0.15) is 6.17 Å². The summed E-state index contributed by atoms with van der Waals surface area (Å²) in [5, 5.41) is 21.8. The van der Waals surface area contributed by atoms with Crippen LogP contribution in [0.15, 0.2) is 78.9 Å². The molecule has 5 rings (SSSR count). The Morgan fingerprint density at radius 3 is 2.62 bits per heavy atom. The molecule has 7 heteroatoms. The molecule has 4 nitrogen and oxygen atoms in total. The van der Waals surface area contributed by atoms with Gasteiger partial charge in [-0.3, -0.25) is 4.79 Å². The summed E-state index contributed by atoms with van der Waals surface area (Å²) >= 11 is 7.79. The van der Waals surface area contributed by atoms with Gasteiger partial charge in [0.15, 0.2) is 0 Å². The Bertz CT molecular complexity index is 1620. The van der Waals surface area contributed by atoms with Crippen molar-refractivity contribution in [3.05, 3.63) is 112 Å². The molecular formula is C35H35ClFNO3S. The highest BCUT2D eigenvalue weighted by Gasteiger charge is 2.56. The summed E-state index contributed by atoms with van der Waals surface area (Å²) in [7, 11) is 0. The van der Waals surface area contributed by atoms with Crippen molar-refractivity contribution in [2.45, 2.75) is 56.6 Å². The van der Waals surface area contributed by atoms with E-state index in [4.69, 9.17) is 16.6 Å². The van der Waals surface area contributed by atoms with E-state index in [-0.39, 0.29) is 11.7 Å². The van der Waals surface area contributed by atoms with E-state index >= 15 is 0 Å². The standard InChI is InChI=1S/C35H35ClFNO3S/c1-34(2,41)29-9-4-3-7-24(29)13-17-31(42-22-35(20-32(35)37)21-33(39)40)26-8-5-6-23(18-26)10-15-28-16-12-25-11-14-27(36)19-30(25)38-28/h3-12,14-16,18-19,31-32,41H,13,17,20-22H2,1-2H3,(H,39,40)/b15-10+/t31-,32+,35?/m0/s1. The van der Waals surface area contributed by atoms with Gasteiger partial charge >= 0.3 is 5.97 Å². The number of aryl methyl sites for hydroxylation is 1. The van der Waals surface area contributed by atoms with Crippen molar-refractivity contribution in [3.63, 3.8) is 0 Å². The molecule has 0 radical (unpaired) electrons. The minimum atomic E-state index is -1.07. The number of aliphatic carboxylic acids is 1. The van der Waals surface area contributed by atoms with Crippen LogP contribution >= 0.6 is 23.4 Å². The molecule has 0 bridgehead atoms. The van der Waals surface area contributed by atoms with E-state index in [2.05, 4.69) is 12.1 Å². The number of halogens is 2. The average molecular weight is 604 g/mol. The first-order valence-electron chi connectivity index (χ1n) is 14.1. The lowest BCUT2D eigenvalue weighted by Gasteiger charge is -2.24. The number of carbonyl (C=O) groups is 1. The van der Waals surface area contributed by atoms with Gasteiger partial charge in [-0.25, -0.2) is 9.37 Å². The number of carboxylic acids is 1. The predicted octanol–water partition coefficient (Wildman–Crippen LogP) is 8.90. The van der Waals surface area contributed by atoms with Crippen LogP contribution in [0.5, 0.6) is 0 Å². The third kappa shape index (κ3) is 7.41. The molecule has 1 aliphatic carbocycles. The Labute approximate surface area is 255 Å². The number of alkyl halides is 1. The summed E-state index contributed by atoms with van der Waals surface area (Å²) < 4.78 is 14.4. The maximum Gasteiger partial charge on any atom is 0.304 e. The molecule has 4 aromatic rings. The summed E-state index contributed by atoms with van der Waals surface area (Å²) in [4.78, 5) is 16.2. The smallest absolute Gasteiger partial charge is 0.304 e. The lowest BCUT2D eigenvalue weighted by Crippen LogP contribution is -2.18. The number of hydrogen-bond acceptors (Lipinski definition) is 4. The Morgan fingerprint density at radius 2 is 1.88 bits per heavy atom. The van der Waals surface area contributed by atoms with Gasteiger partial charge in [0.05, 0.1) is 23.2 Å². The van der Waals surface area contributed by atoms with Gasteiger partial charge in [-0.15, -0.1) is 0 Å². The number of benzene rings is 3. The van der Waals surface area contributed by atoms with Crippen LogP contribution in [0.25, 0.3) is 23.1 Å². The molecule has 1 aromatic heterocycles. The summed E-state index contributed by atoms with van der Waals surface area (Å²) in [5.74, 6) is -0.509. The molecule has 1 fully saturated rings. The predicted molar refractivity (Wildman–Crippen MR) is 172 cm³/mol. The Hall–Kier alpha value is -3.19. The third-order valence-electron chi connectivity index (χ3n) is 7.92. The number of fused-ring (bicyclic) bond motifs is 1. The summed E-state index contributed by atoms with van der Waals surface area (Å²) in [6, 6.07) is 25.8. The van der Waals surface area contributed by atoms with E-state index in [9.17, 15) is 19.4 Å². The minimum Gasteiger partial charge on any atom is -0.481 e. The number of hydrogen-bond donors (Lipinski definition) is 2. The van der Waals surface area contributed by atoms with Crippen LogP contribution in [0.2, 0.25) is 5.02 Å². The molecule has 0 amide bonds. The molecule has 42 heavy (non-hydrogen) atoms. The van der Waals surface area contributed by atoms with Crippen LogP contribution in [0.3, 0.4) is 0 Å². The van der Waals surface area contributed by atoms with Gasteiger partial charge in [0.25, 0.3) is 0 Å². The number of thioether (sulfide) groups is 1. The first kappa shape index (κ1) is 30.3. The number of rotatable bonds is 12. The number of aliphatic hydroxyl groups is 1. The van der Waals surface area contributed by atoms with E-state index in [0.717, 1.165) is 51.7 Å². The zero-order valence-corrected chi connectivity index (χ0v) is 25.3. The van der Waals surface area contributed by atoms with Gasteiger partial charge in [-0.2, -0.15) is 11.8 Å². The molecule has 0 saturated heterocycles. The second-order valence-electron chi connectivity index (χ2n) is 11.7. The van der Waals surface area contributed by atoms with Crippen LogP contribution in [0, 0.1) is 5.41 Å². The Kier molecular flexibility index (Phi) is 9.07. The zero-order valence-electron chi connectivity index (χ0n) is 23.8. The minimum absolute atomic E-state index is 0.0209. The van der Waals surface area contributed by atoms with E-state index < -0.39 is 23.2 Å². The van der Waals surface area contributed by atoms with Crippen molar-refractivity contribution in [2.24, 2.45) is 5.41 Å². The van der Waals surface area contributed by atoms with Crippen LogP contribution in [-0.2, 0) is 16.8 Å². The molecular weight excluding hydrogens is 569 g/mol. The van der Waals surface area contributed by atoms with Crippen LogP contribution in [-0.4, -0.2) is 33.1 Å². The van der Waals surface area contributed by atoms with Crippen molar-refractivity contribution in [2.75, 3.05) is 5.75 Å². The SMILES string of the molecule is CC(C)(O)c1ccccc1CC[C@H](SCC1(CC(=O)O)C[C@H]1F)c1cccc(/C=C/c2ccc3ccc(Cl)cc3n2)c1. The molecule has 0 aliphatic heterocycles. The Morgan fingerprint density at radius 1 is 1.12 bits per heavy atom. The van der Waals surface area contributed by atoms with Crippen LogP contribution in [0.4, 0.5) is 4.39 Å². The number of carboxylic acid groups (broad SMARTS) is 1. The average Bonchev–Trinajstić information content (AvgIpc) is 3.58. The third-order valence-corrected chi connectivity index (χ3v) is 9.81. The van der Waals surface area contributed by atoms with Gasteiger partial charge in [-0.1, -0.05) is 78.3 Å². The quantitative estimate of drug-likeness (QED) is 0.169. The highest BCUT2D eigenvalue weighted by Crippen LogP contribution is 2.55. The van der Waals surface area contributed by atoms with E-state index in [1.54, 1.807) is 25.6 Å². The molecule has 3 atom stereocenters. The van der Waals surface area contributed by atoms with Crippen molar-refractivity contribution >= 4 is 52.4 Å². The van der Waals surface area contributed by atoms with Crippen LogP contribution in [0.1, 0.15) is 66.3 Å². The number of aromatic nitrogens is 1. The van der Waals surface area contributed by atoms with E-state index in [1.807, 2.05) is 78.9 Å². The van der Waals surface area contributed by atoms with Crippen LogP contribution < -0.4 is 0 Å². The summed E-state index contributed by atoms with van der Waals surface area (Å²) in [6.07, 6.45) is 4.56. The maximum atomic E-state index is 14.4. The monoisotopic (exact) mass is 603 g/mol. The second kappa shape index (κ2) is 12.6. The summed E-state index contributed by atoms with van der Waals surface area (Å²) in [5.41, 5.74) is 3.98. The lowest BCUT2D eigenvalue weighted by molar-refractivity contribution is -0.138. The highest BCUT2D eigenvalue weighted by atomic mass is 35.5. The van der Waals surface area contributed by atoms with Gasteiger partial charge in [-0.05, 0) is 79.6 Å². The normalized spacial score (nSPS) is 19.3. The first-order chi connectivity index (χ1) is 20.0. The molecule has 1 saturated carbocycles. The fraction of sp³-hybridized carbons (Fsp3) is 0.314. The van der Waals surface area contributed by atoms with Crippen molar-refractivity contribution in [1.29, 1.82) is 0 Å². The molecule has 0 spiro atoms. The largest absolute Gasteiger partial charge is 0.481 e. The second-order valence-corrected chi connectivity index (χ2v) is 13.4. The molecule has 1 aliphatic rings. The first-order valence-corrected chi connectivity index (χ1v) is 15.6. The number of nitrogens with zero attached hydrogens (tertiary/aromatic N) is 1.